The molecule has 1 N–H and O–H groups in total. The van der Waals surface area contributed by atoms with Crippen LogP contribution in [0.5, 0.6) is 0 Å². The molecule has 16 heavy (non-hydrogen) atoms. The molecule has 1 aromatic heterocycles. The minimum atomic E-state index is -0.426. The lowest BCUT2D eigenvalue weighted by molar-refractivity contribution is -0.137. The third kappa shape index (κ3) is 3.20. The Hall–Kier alpha value is -1.62. The molecular formula is C10H12ClN3O2. The molecule has 1 aromatic rings. The normalized spacial score (nSPS) is 10.4. The van der Waals surface area contributed by atoms with E-state index in [0.29, 0.717) is 18.0 Å². The second kappa shape index (κ2) is 6.07. The summed E-state index contributed by atoms with van der Waals surface area (Å²) in [5, 5.41) is 3.13. The highest BCUT2D eigenvalue weighted by atomic mass is 35.5. The number of esters is 1. The molecule has 0 aliphatic carbocycles. The van der Waals surface area contributed by atoms with Gasteiger partial charge < -0.3 is 10.1 Å². The maximum atomic E-state index is 11.1. The monoisotopic (exact) mass is 241 g/mol. The molecule has 0 radical (unpaired) electrons. The molecular weight excluding hydrogens is 230 g/mol. The number of carbonyl (C=O) groups is 1. The first kappa shape index (κ1) is 12.4. The predicted molar refractivity (Wildman–Crippen MR) is 62.3 cm³/mol. The van der Waals surface area contributed by atoms with E-state index < -0.39 is 5.97 Å². The van der Waals surface area contributed by atoms with E-state index in [1.807, 2.05) is 0 Å². The van der Waals surface area contributed by atoms with Crippen LogP contribution < -0.4 is 5.32 Å². The fraction of sp³-hybridized carbons (Fsp3) is 0.300. The molecule has 0 unspecified atom stereocenters. The van der Waals surface area contributed by atoms with Gasteiger partial charge in [0.1, 0.15) is 17.3 Å². The van der Waals surface area contributed by atoms with E-state index in [1.165, 1.54) is 18.5 Å². The molecule has 0 fully saturated rings. The lowest BCUT2D eigenvalue weighted by Gasteiger charge is -2.04. The van der Waals surface area contributed by atoms with Crippen LogP contribution in [0.3, 0.4) is 0 Å². The van der Waals surface area contributed by atoms with E-state index in [9.17, 15) is 4.79 Å². The summed E-state index contributed by atoms with van der Waals surface area (Å²) in [7, 11) is 1.71. The first-order chi connectivity index (χ1) is 7.69. The summed E-state index contributed by atoms with van der Waals surface area (Å²) >= 11 is 5.87. The molecule has 0 aliphatic heterocycles. The third-order valence-corrected chi connectivity index (χ3v) is 2.05. The molecule has 0 spiro atoms. The fourth-order valence-electron chi connectivity index (χ4n) is 1.06. The first-order valence-electron chi connectivity index (χ1n) is 4.72. The Bertz CT molecular complexity index is 407. The van der Waals surface area contributed by atoms with Gasteiger partial charge in [-0.05, 0) is 13.0 Å². The topological polar surface area (TPSA) is 64.1 Å². The van der Waals surface area contributed by atoms with E-state index in [2.05, 4.69) is 15.3 Å². The van der Waals surface area contributed by atoms with Gasteiger partial charge in [0.15, 0.2) is 0 Å². The van der Waals surface area contributed by atoms with Crippen LogP contribution in [0.1, 0.15) is 12.5 Å². The van der Waals surface area contributed by atoms with Crippen molar-refractivity contribution in [1.29, 1.82) is 0 Å². The van der Waals surface area contributed by atoms with Crippen molar-refractivity contribution in [1.82, 2.24) is 9.97 Å². The van der Waals surface area contributed by atoms with Gasteiger partial charge in [-0.3, -0.25) is 0 Å². The standard InChI is InChI=1S/C10H12ClN3O2/c1-3-16-8(15)5-4-7-9(11)13-6-14-10(7)12-2/h4-6H,3H2,1-2H3,(H,12,13,14)/b5-4+. The molecule has 86 valence electrons. The van der Waals surface area contributed by atoms with Gasteiger partial charge in [0.05, 0.1) is 12.2 Å². The summed E-state index contributed by atoms with van der Waals surface area (Å²) in [6, 6.07) is 0. The number of hydrogen-bond donors (Lipinski definition) is 1. The highest BCUT2D eigenvalue weighted by Gasteiger charge is 2.05. The minimum Gasteiger partial charge on any atom is -0.463 e. The Morgan fingerprint density at radius 3 is 3.00 bits per heavy atom. The van der Waals surface area contributed by atoms with Gasteiger partial charge in [0, 0.05) is 13.1 Å². The smallest absolute Gasteiger partial charge is 0.330 e. The van der Waals surface area contributed by atoms with Crippen molar-refractivity contribution in [2.45, 2.75) is 6.92 Å². The summed E-state index contributed by atoms with van der Waals surface area (Å²) in [4.78, 5) is 18.9. The lowest BCUT2D eigenvalue weighted by atomic mass is 10.3. The number of anilines is 1. The summed E-state index contributed by atoms with van der Waals surface area (Å²) < 4.78 is 4.75. The summed E-state index contributed by atoms with van der Waals surface area (Å²) in [6.07, 6.45) is 4.15. The maximum Gasteiger partial charge on any atom is 0.330 e. The number of nitrogens with zero attached hydrogens (tertiary/aromatic N) is 2. The SMILES string of the molecule is CCOC(=O)/C=C/c1c(Cl)ncnc1NC. The largest absolute Gasteiger partial charge is 0.463 e. The van der Waals surface area contributed by atoms with Crippen LogP contribution in [0, 0.1) is 0 Å². The average Bonchev–Trinajstić information content (AvgIpc) is 2.27. The lowest BCUT2D eigenvalue weighted by Crippen LogP contribution is -2.00. The van der Waals surface area contributed by atoms with E-state index in [1.54, 1.807) is 14.0 Å². The van der Waals surface area contributed by atoms with E-state index in [4.69, 9.17) is 16.3 Å². The Kier molecular flexibility index (Phi) is 4.72. The van der Waals surface area contributed by atoms with Crippen LogP contribution in [-0.4, -0.2) is 29.6 Å². The van der Waals surface area contributed by atoms with Crippen LogP contribution >= 0.6 is 11.6 Å². The Morgan fingerprint density at radius 1 is 1.62 bits per heavy atom. The van der Waals surface area contributed by atoms with Gasteiger partial charge in [-0.25, -0.2) is 14.8 Å². The summed E-state index contributed by atoms with van der Waals surface area (Å²) in [6.45, 7) is 2.07. The number of nitrogens with one attached hydrogen (secondary N) is 1. The molecule has 0 aromatic carbocycles. The molecule has 0 saturated carbocycles. The zero-order valence-corrected chi connectivity index (χ0v) is 9.78. The second-order valence-corrected chi connectivity index (χ2v) is 3.12. The van der Waals surface area contributed by atoms with Crippen LogP contribution in [-0.2, 0) is 9.53 Å². The summed E-state index contributed by atoms with van der Waals surface area (Å²) in [5.74, 6) is 0.130. The van der Waals surface area contributed by atoms with Crippen molar-refractivity contribution in [3.8, 4) is 0 Å². The Labute approximate surface area is 98.5 Å². The van der Waals surface area contributed by atoms with Crippen molar-refractivity contribution in [3.63, 3.8) is 0 Å². The Balaban J connectivity index is 2.91. The molecule has 6 heteroatoms. The highest BCUT2D eigenvalue weighted by molar-refractivity contribution is 6.31. The number of hydrogen-bond acceptors (Lipinski definition) is 5. The van der Waals surface area contributed by atoms with Gasteiger partial charge in [0.2, 0.25) is 0 Å². The van der Waals surface area contributed by atoms with Gasteiger partial charge >= 0.3 is 5.97 Å². The van der Waals surface area contributed by atoms with Crippen LogP contribution in [0.4, 0.5) is 5.82 Å². The molecule has 1 heterocycles. The van der Waals surface area contributed by atoms with Crippen molar-refractivity contribution < 1.29 is 9.53 Å². The number of halogens is 1. The molecule has 0 aliphatic rings. The van der Waals surface area contributed by atoms with Crippen molar-refractivity contribution in [3.05, 3.63) is 23.1 Å². The molecule has 0 saturated heterocycles. The fourth-order valence-corrected chi connectivity index (χ4v) is 1.26. The number of carbonyl (C=O) groups excluding carboxylic acids is 1. The van der Waals surface area contributed by atoms with Gasteiger partial charge in [-0.15, -0.1) is 0 Å². The van der Waals surface area contributed by atoms with Gasteiger partial charge in [0.25, 0.3) is 0 Å². The number of aromatic nitrogens is 2. The van der Waals surface area contributed by atoms with Gasteiger partial charge in [-0.1, -0.05) is 11.6 Å². The highest BCUT2D eigenvalue weighted by Crippen LogP contribution is 2.20. The zero-order valence-electron chi connectivity index (χ0n) is 9.03. The van der Waals surface area contributed by atoms with Crippen LogP contribution in [0.25, 0.3) is 6.08 Å². The average molecular weight is 242 g/mol. The number of ether oxygens (including phenoxy) is 1. The van der Waals surface area contributed by atoms with E-state index in [0.717, 1.165) is 0 Å². The zero-order chi connectivity index (χ0) is 12.0. The summed E-state index contributed by atoms with van der Waals surface area (Å²) in [5.41, 5.74) is 0.555. The third-order valence-electron chi connectivity index (χ3n) is 1.74. The maximum absolute atomic E-state index is 11.1. The molecule has 0 amide bonds. The second-order valence-electron chi connectivity index (χ2n) is 2.76. The first-order valence-corrected chi connectivity index (χ1v) is 5.10. The molecule has 5 nitrogen and oxygen atoms in total. The molecule has 0 bridgehead atoms. The van der Waals surface area contributed by atoms with Crippen molar-refractivity contribution >= 4 is 29.5 Å². The van der Waals surface area contributed by atoms with Crippen LogP contribution in [0.2, 0.25) is 5.15 Å². The van der Waals surface area contributed by atoms with Crippen molar-refractivity contribution in [2.24, 2.45) is 0 Å². The minimum absolute atomic E-state index is 0.278. The van der Waals surface area contributed by atoms with E-state index in [-0.39, 0.29) is 5.15 Å². The predicted octanol–water partition coefficient (Wildman–Crippen LogP) is 1.75. The molecule has 1 rings (SSSR count). The van der Waals surface area contributed by atoms with E-state index >= 15 is 0 Å². The number of rotatable bonds is 4. The van der Waals surface area contributed by atoms with Crippen LogP contribution in [0.15, 0.2) is 12.4 Å². The quantitative estimate of drug-likeness (QED) is 0.494. The Morgan fingerprint density at radius 2 is 2.38 bits per heavy atom. The molecule has 0 atom stereocenters. The van der Waals surface area contributed by atoms with Crippen molar-refractivity contribution in [2.75, 3.05) is 19.0 Å². The van der Waals surface area contributed by atoms with Gasteiger partial charge in [-0.2, -0.15) is 0 Å².